The summed E-state index contributed by atoms with van der Waals surface area (Å²) in [5.74, 6) is 0.455. The number of amides is 1. The molecule has 1 heterocycles. The van der Waals surface area contributed by atoms with Crippen LogP contribution >= 0.6 is 11.6 Å². The van der Waals surface area contributed by atoms with Crippen molar-refractivity contribution in [3.63, 3.8) is 0 Å². The van der Waals surface area contributed by atoms with Crippen LogP contribution in [0.25, 0.3) is 6.08 Å². The second-order valence-electron chi connectivity index (χ2n) is 2.95. The van der Waals surface area contributed by atoms with Crippen LogP contribution in [0.1, 0.15) is 12.0 Å². The summed E-state index contributed by atoms with van der Waals surface area (Å²) >= 11 is 5.48. The first-order valence-electron chi connectivity index (χ1n) is 4.75. The molecule has 0 aliphatic heterocycles. The first-order valence-corrected chi connectivity index (χ1v) is 5.28. The molecule has 4 heteroatoms. The number of hydrogen-bond donors (Lipinski definition) is 1. The van der Waals surface area contributed by atoms with Gasteiger partial charge in [0.05, 0.1) is 0 Å². The molecule has 15 heavy (non-hydrogen) atoms. The molecule has 0 aliphatic rings. The summed E-state index contributed by atoms with van der Waals surface area (Å²) < 4.78 is 0. The lowest BCUT2D eigenvalue weighted by Crippen LogP contribution is -2.22. The van der Waals surface area contributed by atoms with Gasteiger partial charge in [-0.25, -0.2) is 0 Å². The molecule has 1 aromatic heterocycles. The van der Waals surface area contributed by atoms with Gasteiger partial charge in [0.15, 0.2) is 0 Å². The van der Waals surface area contributed by atoms with E-state index in [-0.39, 0.29) is 5.91 Å². The number of halogens is 1. The lowest BCUT2D eigenvalue weighted by atomic mass is 10.2. The van der Waals surface area contributed by atoms with Gasteiger partial charge in [0, 0.05) is 30.9 Å². The maximum Gasteiger partial charge on any atom is 0.244 e. The van der Waals surface area contributed by atoms with E-state index in [1.165, 1.54) is 6.08 Å². The van der Waals surface area contributed by atoms with Gasteiger partial charge in [0.2, 0.25) is 5.91 Å². The standard InChI is InChI=1S/C11H13ClN2O/c12-6-2-8-14-11(15)5-4-10-3-1-7-13-9-10/h1,3-5,7,9H,2,6,8H2,(H,14,15). The highest BCUT2D eigenvalue weighted by Gasteiger charge is 1.93. The van der Waals surface area contributed by atoms with E-state index in [1.54, 1.807) is 18.5 Å². The minimum atomic E-state index is -0.107. The second kappa shape index (κ2) is 7.01. The van der Waals surface area contributed by atoms with Crippen molar-refractivity contribution in [1.29, 1.82) is 0 Å². The van der Waals surface area contributed by atoms with E-state index in [1.807, 2.05) is 12.1 Å². The molecule has 0 spiro atoms. The van der Waals surface area contributed by atoms with Crippen molar-refractivity contribution in [3.05, 3.63) is 36.2 Å². The van der Waals surface area contributed by atoms with E-state index in [4.69, 9.17) is 11.6 Å². The predicted molar refractivity (Wildman–Crippen MR) is 61.6 cm³/mol. The minimum absolute atomic E-state index is 0.107. The Kier molecular flexibility index (Phi) is 5.48. The summed E-state index contributed by atoms with van der Waals surface area (Å²) in [5.41, 5.74) is 0.907. The Morgan fingerprint density at radius 3 is 3.13 bits per heavy atom. The Labute approximate surface area is 94.2 Å². The molecule has 0 aromatic carbocycles. The van der Waals surface area contributed by atoms with Crippen LogP contribution in [0.15, 0.2) is 30.6 Å². The average Bonchev–Trinajstić information content (AvgIpc) is 2.28. The van der Waals surface area contributed by atoms with E-state index in [9.17, 15) is 4.79 Å². The zero-order chi connectivity index (χ0) is 10.9. The molecule has 0 aliphatic carbocycles. The predicted octanol–water partition coefficient (Wildman–Crippen LogP) is 1.84. The third-order valence-electron chi connectivity index (χ3n) is 1.72. The number of aromatic nitrogens is 1. The molecule has 1 rings (SSSR count). The number of pyridine rings is 1. The molecular formula is C11H13ClN2O. The van der Waals surface area contributed by atoms with Crippen LogP contribution in [0.4, 0.5) is 0 Å². The van der Waals surface area contributed by atoms with Crippen molar-refractivity contribution < 1.29 is 4.79 Å². The zero-order valence-corrected chi connectivity index (χ0v) is 9.07. The Morgan fingerprint density at radius 1 is 1.60 bits per heavy atom. The van der Waals surface area contributed by atoms with Crippen LogP contribution in [0.5, 0.6) is 0 Å². The SMILES string of the molecule is O=C(C=Cc1cccnc1)NCCCCl. The fourth-order valence-corrected chi connectivity index (χ4v) is 1.12. The number of nitrogens with one attached hydrogen (secondary N) is 1. The number of rotatable bonds is 5. The summed E-state index contributed by atoms with van der Waals surface area (Å²) in [4.78, 5) is 15.2. The Bertz CT molecular complexity index is 325. The Balaban J connectivity index is 2.34. The van der Waals surface area contributed by atoms with Gasteiger partial charge >= 0.3 is 0 Å². The van der Waals surface area contributed by atoms with E-state index in [0.29, 0.717) is 12.4 Å². The molecule has 0 atom stereocenters. The molecule has 0 fully saturated rings. The molecule has 0 saturated carbocycles. The van der Waals surface area contributed by atoms with Gasteiger partial charge in [0.25, 0.3) is 0 Å². The van der Waals surface area contributed by atoms with Gasteiger partial charge in [-0.2, -0.15) is 0 Å². The highest BCUT2D eigenvalue weighted by Crippen LogP contribution is 1.97. The van der Waals surface area contributed by atoms with Gasteiger partial charge in [-0.3, -0.25) is 9.78 Å². The van der Waals surface area contributed by atoms with Crippen molar-refractivity contribution in [2.45, 2.75) is 6.42 Å². The zero-order valence-electron chi connectivity index (χ0n) is 8.32. The molecule has 0 bridgehead atoms. The van der Waals surface area contributed by atoms with Gasteiger partial charge in [0.1, 0.15) is 0 Å². The monoisotopic (exact) mass is 224 g/mol. The number of alkyl halides is 1. The van der Waals surface area contributed by atoms with Crippen molar-refractivity contribution in [3.8, 4) is 0 Å². The number of carbonyl (C=O) groups is 1. The van der Waals surface area contributed by atoms with Gasteiger partial charge in [-0.05, 0) is 24.1 Å². The molecule has 1 amide bonds. The van der Waals surface area contributed by atoms with Crippen molar-refractivity contribution >= 4 is 23.6 Å². The minimum Gasteiger partial charge on any atom is -0.353 e. The molecular weight excluding hydrogens is 212 g/mol. The molecule has 80 valence electrons. The van der Waals surface area contributed by atoms with Gasteiger partial charge in [-0.1, -0.05) is 6.07 Å². The molecule has 0 unspecified atom stereocenters. The van der Waals surface area contributed by atoms with Crippen LogP contribution in [-0.2, 0) is 4.79 Å². The highest BCUT2D eigenvalue weighted by atomic mass is 35.5. The van der Waals surface area contributed by atoms with Crippen molar-refractivity contribution in [2.75, 3.05) is 12.4 Å². The Hall–Kier alpha value is -1.35. The molecule has 3 nitrogen and oxygen atoms in total. The summed E-state index contributed by atoms with van der Waals surface area (Å²) in [6, 6.07) is 3.71. The van der Waals surface area contributed by atoms with Gasteiger partial charge in [-0.15, -0.1) is 11.6 Å². The maximum absolute atomic E-state index is 11.2. The fraction of sp³-hybridized carbons (Fsp3) is 0.273. The largest absolute Gasteiger partial charge is 0.353 e. The summed E-state index contributed by atoms with van der Waals surface area (Å²) in [7, 11) is 0. The second-order valence-corrected chi connectivity index (χ2v) is 3.33. The summed E-state index contributed by atoms with van der Waals surface area (Å²) in [6.07, 6.45) is 7.39. The van der Waals surface area contributed by atoms with E-state index in [0.717, 1.165) is 12.0 Å². The third kappa shape index (κ3) is 5.18. The quantitative estimate of drug-likeness (QED) is 0.471. The molecule has 1 N–H and O–H groups in total. The van der Waals surface area contributed by atoms with Crippen LogP contribution in [0.3, 0.4) is 0 Å². The topological polar surface area (TPSA) is 42.0 Å². The highest BCUT2D eigenvalue weighted by molar-refractivity contribution is 6.17. The smallest absolute Gasteiger partial charge is 0.244 e. The summed E-state index contributed by atoms with van der Waals surface area (Å²) in [6.45, 7) is 0.611. The van der Waals surface area contributed by atoms with Crippen molar-refractivity contribution in [2.24, 2.45) is 0 Å². The number of carbonyl (C=O) groups excluding carboxylic acids is 1. The van der Waals surface area contributed by atoms with E-state index in [2.05, 4.69) is 10.3 Å². The lowest BCUT2D eigenvalue weighted by molar-refractivity contribution is -0.116. The normalized spacial score (nSPS) is 10.5. The average molecular weight is 225 g/mol. The number of nitrogens with zero attached hydrogens (tertiary/aromatic N) is 1. The first-order chi connectivity index (χ1) is 7.33. The molecule has 0 radical (unpaired) electrons. The summed E-state index contributed by atoms with van der Waals surface area (Å²) in [5, 5.41) is 2.72. The van der Waals surface area contributed by atoms with Gasteiger partial charge < -0.3 is 5.32 Å². The number of hydrogen-bond acceptors (Lipinski definition) is 2. The first kappa shape index (κ1) is 11.7. The van der Waals surface area contributed by atoms with Crippen LogP contribution in [0.2, 0.25) is 0 Å². The van der Waals surface area contributed by atoms with Crippen molar-refractivity contribution in [1.82, 2.24) is 10.3 Å². The maximum atomic E-state index is 11.2. The Morgan fingerprint density at radius 2 is 2.47 bits per heavy atom. The van der Waals surface area contributed by atoms with Crippen LogP contribution < -0.4 is 5.32 Å². The fourth-order valence-electron chi connectivity index (χ4n) is 0.984. The van der Waals surface area contributed by atoms with E-state index < -0.39 is 0 Å². The molecule has 1 aromatic rings. The lowest BCUT2D eigenvalue weighted by Gasteiger charge is -1.98. The van der Waals surface area contributed by atoms with E-state index >= 15 is 0 Å². The molecule has 0 saturated heterocycles. The van der Waals surface area contributed by atoms with Crippen LogP contribution in [-0.4, -0.2) is 23.3 Å². The van der Waals surface area contributed by atoms with Crippen LogP contribution in [0, 0.1) is 0 Å². The third-order valence-corrected chi connectivity index (χ3v) is 1.99.